The summed E-state index contributed by atoms with van der Waals surface area (Å²) in [6.45, 7) is 2.80. The van der Waals surface area contributed by atoms with Gasteiger partial charge in [0.25, 0.3) is 0 Å². The van der Waals surface area contributed by atoms with E-state index in [9.17, 15) is 13.6 Å². The number of hydrogen-bond donors (Lipinski definition) is 2. The first kappa shape index (κ1) is 17.0. The van der Waals surface area contributed by atoms with Crippen LogP contribution in [0.15, 0.2) is 18.2 Å². The quantitative estimate of drug-likeness (QED) is 0.846. The first-order valence-electron chi connectivity index (χ1n) is 6.53. The average molecular weight is 302 g/mol. The number of benzene rings is 1. The molecule has 2 N–H and O–H groups in total. The zero-order valence-corrected chi connectivity index (χ0v) is 12.4. The molecule has 0 saturated heterocycles. The molecule has 2 amide bonds. The number of ether oxygens (including phenoxy) is 2. The molecule has 1 atom stereocenters. The Labute approximate surface area is 122 Å². The molecule has 0 aliphatic heterocycles. The summed E-state index contributed by atoms with van der Waals surface area (Å²) in [7, 11) is 1.44. The summed E-state index contributed by atoms with van der Waals surface area (Å²) in [4.78, 5) is 11.9. The molecule has 0 unspecified atom stereocenters. The lowest BCUT2D eigenvalue weighted by atomic mass is 10.1. The summed E-state index contributed by atoms with van der Waals surface area (Å²) < 4.78 is 34.1. The maximum Gasteiger partial charge on any atom is 0.387 e. The monoisotopic (exact) mass is 302 g/mol. The Morgan fingerprint density at radius 1 is 1.24 bits per heavy atom. The highest BCUT2D eigenvalue weighted by Crippen LogP contribution is 2.30. The van der Waals surface area contributed by atoms with Gasteiger partial charge in [0, 0.05) is 12.1 Å². The van der Waals surface area contributed by atoms with E-state index in [4.69, 9.17) is 4.74 Å². The summed E-state index contributed by atoms with van der Waals surface area (Å²) in [6.07, 6.45) is 0. The van der Waals surface area contributed by atoms with Gasteiger partial charge in [-0.2, -0.15) is 8.78 Å². The van der Waals surface area contributed by atoms with Crippen LogP contribution in [0.1, 0.15) is 20.8 Å². The largest absolute Gasteiger partial charge is 0.497 e. The fourth-order valence-corrected chi connectivity index (χ4v) is 1.46. The molecule has 5 nitrogen and oxygen atoms in total. The van der Waals surface area contributed by atoms with E-state index >= 15 is 0 Å². The van der Waals surface area contributed by atoms with Gasteiger partial charge in [0.1, 0.15) is 11.5 Å². The Balaban J connectivity index is 2.86. The Morgan fingerprint density at radius 2 is 1.90 bits per heavy atom. The second-order valence-corrected chi connectivity index (χ2v) is 4.87. The van der Waals surface area contributed by atoms with Crippen molar-refractivity contribution in [2.45, 2.75) is 33.4 Å². The van der Waals surface area contributed by atoms with Gasteiger partial charge in [0.05, 0.1) is 12.8 Å². The van der Waals surface area contributed by atoms with Crippen LogP contribution in [0.25, 0.3) is 0 Å². The number of halogens is 2. The van der Waals surface area contributed by atoms with E-state index in [1.54, 1.807) is 0 Å². The molecule has 0 aromatic heterocycles. The summed E-state index contributed by atoms with van der Waals surface area (Å²) in [6, 6.07) is 3.64. The zero-order valence-electron chi connectivity index (χ0n) is 12.4. The molecule has 0 bridgehead atoms. The predicted molar refractivity (Wildman–Crippen MR) is 76.1 cm³/mol. The normalized spacial score (nSPS) is 12.2. The van der Waals surface area contributed by atoms with E-state index in [0.717, 1.165) is 0 Å². The van der Waals surface area contributed by atoms with Crippen molar-refractivity contribution in [2.24, 2.45) is 5.92 Å². The van der Waals surface area contributed by atoms with Gasteiger partial charge in [0.2, 0.25) is 0 Å². The molecule has 0 heterocycles. The minimum absolute atomic E-state index is 0.0601. The highest BCUT2D eigenvalue weighted by molar-refractivity contribution is 5.91. The van der Waals surface area contributed by atoms with Gasteiger partial charge in [-0.05, 0) is 25.0 Å². The zero-order chi connectivity index (χ0) is 16.0. The SMILES string of the molecule is COc1ccc(OC(F)F)c(NC(=O)N[C@H](C)C(C)C)c1. The molecule has 0 aliphatic rings. The molecule has 0 spiro atoms. The van der Waals surface area contributed by atoms with Crippen LogP contribution in [-0.2, 0) is 0 Å². The lowest BCUT2D eigenvalue weighted by molar-refractivity contribution is -0.0493. The predicted octanol–water partition coefficient (Wildman–Crippen LogP) is 3.46. The summed E-state index contributed by atoms with van der Waals surface area (Å²) in [5.41, 5.74) is 0.114. The van der Waals surface area contributed by atoms with Gasteiger partial charge < -0.3 is 20.1 Å². The number of carbonyl (C=O) groups excluding carboxylic acids is 1. The standard InChI is InChI=1S/C14H20F2N2O3/c1-8(2)9(3)17-14(19)18-11-7-10(20-4)5-6-12(11)21-13(15)16/h5-9,13H,1-4H3,(H2,17,18,19)/t9-/m1/s1. The van der Waals surface area contributed by atoms with Crippen LogP contribution >= 0.6 is 0 Å². The molecule has 118 valence electrons. The molecule has 0 saturated carbocycles. The molecular formula is C14H20F2N2O3. The Bertz CT molecular complexity index is 481. The van der Waals surface area contributed by atoms with Crippen molar-refractivity contribution in [1.82, 2.24) is 5.32 Å². The van der Waals surface area contributed by atoms with E-state index in [2.05, 4.69) is 15.4 Å². The summed E-state index contributed by atoms with van der Waals surface area (Å²) in [5.74, 6) is 0.541. The second-order valence-electron chi connectivity index (χ2n) is 4.87. The number of alkyl halides is 2. The van der Waals surface area contributed by atoms with Crippen LogP contribution < -0.4 is 20.1 Å². The highest BCUT2D eigenvalue weighted by atomic mass is 19.3. The third-order valence-electron chi connectivity index (χ3n) is 3.01. The fraction of sp³-hybridized carbons (Fsp3) is 0.500. The third-order valence-corrected chi connectivity index (χ3v) is 3.01. The second kappa shape index (κ2) is 7.66. The van der Waals surface area contributed by atoms with Crippen molar-refractivity contribution in [3.63, 3.8) is 0 Å². The van der Waals surface area contributed by atoms with Crippen molar-refractivity contribution in [3.8, 4) is 11.5 Å². The molecule has 21 heavy (non-hydrogen) atoms. The molecular weight excluding hydrogens is 282 g/mol. The fourth-order valence-electron chi connectivity index (χ4n) is 1.46. The smallest absolute Gasteiger partial charge is 0.387 e. The van der Waals surface area contributed by atoms with Crippen LogP contribution in [0.3, 0.4) is 0 Å². The van der Waals surface area contributed by atoms with E-state index < -0.39 is 12.6 Å². The Hall–Kier alpha value is -2.05. The molecule has 1 aromatic rings. The van der Waals surface area contributed by atoms with E-state index in [1.165, 1.54) is 25.3 Å². The van der Waals surface area contributed by atoms with Gasteiger partial charge in [-0.1, -0.05) is 13.8 Å². The number of nitrogens with one attached hydrogen (secondary N) is 2. The average Bonchev–Trinajstić information content (AvgIpc) is 2.39. The topological polar surface area (TPSA) is 59.6 Å². The first-order valence-corrected chi connectivity index (χ1v) is 6.53. The number of methoxy groups -OCH3 is 1. The van der Waals surface area contributed by atoms with Crippen LogP contribution in [0.2, 0.25) is 0 Å². The lowest BCUT2D eigenvalue weighted by Gasteiger charge is -2.19. The van der Waals surface area contributed by atoms with Gasteiger partial charge in [-0.3, -0.25) is 0 Å². The summed E-state index contributed by atoms with van der Waals surface area (Å²) >= 11 is 0. The van der Waals surface area contributed by atoms with E-state index in [1.807, 2.05) is 20.8 Å². The van der Waals surface area contributed by atoms with Crippen molar-refractivity contribution in [2.75, 3.05) is 12.4 Å². The molecule has 7 heteroatoms. The van der Waals surface area contributed by atoms with Gasteiger partial charge in [-0.25, -0.2) is 4.79 Å². The number of anilines is 1. The Morgan fingerprint density at radius 3 is 2.43 bits per heavy atom. The van der Waals surface area contributed by atoms with Gasteiger partial charge in [0.15, 0.2) is 0 Å². The van der Waals surface area contributed by atoms with Crippen molar-refractivity contribution >= 4 is 11.7 Å². The molecule has 0 radical (unpaired) electrons. The molecule has 1 aromatic carbocycles. The molecule has 0 aliphatic carbocycles. The van der Waals surface area contributed by atoms with Crippen molar-refractivity contribution in [3.05, 3.63) is 18.2 Å². The lowest BCUT2D eigenvalue weighted by Crippen LogP contribution is -2.39. The van der Waals surface area contributed by atoms with Crippen LogP contribution in [0, 0.1) is 5.92 Å². The van der Waals surface area contributed by atoms with Crippen molar-refractivity contribution < 1.29 is 23.0 Å². The maximum absolute atomic E-state index is 12.4. The van der Waals surface area contributed by atoms with Gasteiger partial charge >= 0.3 is 12.6 Å². The molecule has 1 rings (SSSR count). The van der Waals surface area contributed by atoms with Crippen molar-refractivity contribution in [1.29, 1.82) is 0 Å². The van der Waals surface area contributed by atoms with E-state index in [-0.39, 0.29) is 23.4 Å². The number of rotatable bonds is 6. The minimum atomic E-state index is -2.98. The van der Waals surface area contributed by atoms with Gasteiger partial charge in [-0.15, -0.1) is 0 Å². The molecule has 0 fully saturated rings. The maximum atomic E-state index is 12.4. The van der Waals surface area contributed by atoms with Crippen LogP contribution in [0.5, 0.6) is 11.5 Å². The number of hydrogen-bond acceptors (Lipinski definition) is 3. The number of carbonyl (C=O) groups is 1. The number of urea groups is 1. The number of amides is 2. The third kappa shape index (κ3) is 5.45. The summed E-state index contributed by atoms with van der Waals surface area (Å²) in [5, 5.41) is 5.20. The first-order chi connectivity index (χ1) is 9.83. The van der Waals surface area contributed by atoms with Crippen LogP contribution in [0.4, 0.5) is 19.3 Å². The van der Waals surface area contributed by atoms with E-state index in [0.29, 0.717) is 5.75 Å². The Kier molecular flexibility index (Phi) is 6.20. The minimum Gasteiger partial charge on any atom is -0.497 e. The van der Waals surface area contributed by atoms with Crippen LogP contribution in [-0.4, -0.2) is 25.8 Å². The highest BCUT2D eigenvalue weighted by Gasteiger charge is 2.15.